The van der Waals surface area contributed by atoms with Crippen LogP contribution in [0.3, 0.4) is 0 Å². The highest BCUT2D eigenvalue weighted by atomic mass is 79.9. The van der Waals surface area contributed by atoms with Gasteiger partial charge in [0, 0.05) is 5.41 Å². The maximum absolute atomic E-state index is 6.10. The van der Waals surface area contributed by atoms with Crippen LogP contribution in [0.25, 0.3) is 0 Å². The van der Waals surface area contributed by atoms with Gasteiger partial charge in [0.05, 0.1) is 10.2 Å². The molecule has 0 saturated heterocycles. The van der Waals surface area contributed by atoms with Crippen molar-refractivity contribution in [3.63, 3.8) is 0 Å². The van der Waals surface area contributed by atoms with E-state index in [1.807, 2.05) is 0 Å². The zero-order valence-corrected chi connectivity index (χ0v) is 11.5. The summed E-state index contributed by atoms with van der Waals surface area (Å²) in [7, 11) is 0. The number of rotatable bonds is 2. The molecular formula is C11H14BrClN2. The van der Waals surface area contributed by atoms with Crippen LogP contribution in [0.4, 0.5) is 0 Å². The van der Waals surface area contributed by atoms with Crippen molar-refractivity contribution in [2.45, 2.75) is 44.9 Å². The molecule has 82 valence electrons. The minimum absolute atomic E-state index is 0.175. The van der Waals surface area contributed by atoms with Gasteiger partial charge in [-0.1, -0.05) is 32.4 Å². The van der Waals surface area contributed by atoms with E-state index in [1.54, 1.807) is 0 Å². The Hall–Kier alpha value is -0.150. The average Bonchev–Trinajstić information content (AvgIpc) is 2.89. The Morgan fingerprint density at radius 3 is 2.40 bits per heavy atom. The summed E-state index contributed by atoms with van der Waals surface area (Å²) in [6, 6.07) is 0. The van der Waals surface area contributed by atoms with Gasteiger partial charge in [-0.15, -0.1) is 0 Å². The monoisotopic (exact) mass is 288 g/mol. The summed E-state index contributed by atoms with van der Waals surface area (Å²) in [6.45, 7) is 6.42. The topological polar surface area (TPSA) is 25.8 Å². The fourth-order valence-corrected chi connectivity index (χ4v) is 2.31. The van der Waals surface area contributed by atoms with Crippen LogP contribution in [0.2, 0.25) is 5.15 Å². The fraction of sp³-hybridized carbons (Fsp3) is 0.636. The molecule has 2 rings (SSSR count). The third-order valence-corrected chi connectivity index (χ3v) is 4.21. The second-order valence-electron chi connectivity index (χ2n) is 4.75. The van der Waals surface area contributed by atoms with E-state index < -0.39 is 0 Å². The highest BCUT2D eigenvalue weighted by Gasteiger charge is 2.42. The van der Waals surface area contributed by atoms with Crippen molar-refractivity contribution in [3.8, 4) is 0 Å². The molecule has 0 aliphatic heterocycles. The second kappa shape index (κ2) is 3.70. The van der Waals surface area contributed by atoms with E-state index in [0.717, 1.165) is 16.0 Å². The summed E-state index contributed by atoms with van der Waals surface area (Å²) in [5.41, 5.74) is 1.19. The lowest BCUT2D eigenvalue weighted by atomic mass is 10.1. The quantitative estimate of drug-likeness (QED) is 0.767. The molecule has 0 aromatic carbocycles. The molecule has 1 aromatic heterocycles. The van der Waals surface area contributed by atoms with Crippen molar-refractivity contribution < 1.29 is 0 Å². The van der Waals surface area contributed by atoms with Gasteiger partial charge >= 0.3 is 0 Å². The highest BCUT2D eigenvalue weighted by molar-refractivity contribution is 9.10. The molecule has 4 heteroatoms. The van der Waals surface area contributed by atoms with E-state index in [2.05, 4.69) is 46.7 Å². The second-order valence-corrected chi connectivity index (χ2v) is 5.90. The van der Waals surface area contributed by atoms with Crippen LogP contribution < -0.4 is 0 Å². The maximum Gasteiger partial charge on any atom is 0.147 e. The molecule has 15 heavy (non-hydrogen) atoms. The van der Waals surface area contributed by atoms with Gasteiger partial charge < -0.3 is 0 Å². The molecule has 1 fully saturated rings. The normalized spacial score (nSPS) is 18.3. The molecule has 1 heterocycles. The van der Waals surface area contributed by atoms with E-state index in [9.17, 15) is 0 Å². The van der Waals surface area contributed by atoms with Crippen molar-refractivity contribution >= 4 is 27.5 Å². The lowest BCUT2D eigenvalue weighted by molar-refractivity contribution is 0.680. The molecule has 1 aliphatic carbocycles. The summed E-state index contributed by atoms with van der Waals surface area (Å²) < 4.78 is 0.840. The molecule has 0 N–H and O–H groups in total. The summed E-state index contributed by atoms with van der Waals surface area (Å²) in [4.78, 5) is 8.98. The number of halogens is 2. The smallest absolute Gasteiger partial charge is 0.147 e. The van der Waals surface area contributed by atoms with Crippen molar-refractivity contribution in [2.75, 3.05) is 0 Å². The standard InChI is InChI=1S/C11H14BrClN2/c1-6(2)8-7(12)9(13)15-10(14-8)11(3)4-5-11/h6H,4-5H2,1-3H3. The molecular weight excluding hydrogens is 275 g/mol. The fourth-order valence-electron chi connectivity index (χ4n) is 1.50. The van der Waals surface area contributed by atoms with Crippen LogP contribution in [-0.4, -0.2) is 9.97 Å². The molecule has 1 aliphatic rings. The molecule has 0 atom stereocenters. The minimum atomic E-state index is 0.175. The lowest BCUT2D eigenvalue weighted by Crippen LogP contribution is -2.10. The SMILES string of the molecule is CC(C)c1nc(C2(C)CC2)nc(Cl)c1Br. The zero-order valence-electron chi connectivity index (χ0n) is 9.14. The maximum atomic E-state index is 6.10. The van der Waals surface area contributed by atoms with Crippen LogP contribution in [0.5, 0.6) is 0 Å². The van der Waals surface area contributed by atoms with E-state index in [4.69, 9.17) is 11.6 Å². The predicted octanol–water partition coefficient (Wildman–Crippen LogP) is 4.07. The van der Waals surface area contributed by atoms with Gasteiger partial charge in [0.2, 0.25) is 0 Å². The first-order valence-electron chi connectivity index (χ1n) is 5.17. The summed E-state index contributed by atoms with van der Waals surface area (Å²) in [5.74, 6) is 1.26. The molecule has 0 unspecified atom stereocenters. The van der Waals surface area contributed by atoms with E-state index >= 15 is 0 Å². The van der Waals surface area contributed by atoms with Crippen molar-refractivity contribution in [2.24, 2.45) is 0 Å². The molecule has 0 radical (unpaired) electrons. The first kappa shape index (κ1) is 11.3. The van der Waals surface area contributed by atoms with Crippen molar-refractivity contribution in [3.05, 3.63) is 21.1 Å². The number of nitrogens with zero attached hydrogens (tertiary/aromatic N) is 2. The average molecular weight is 290 g/mol. The molecule has 1 saturated carbocycles. The highest BCUT2D eigenvalue weighted by Crippen LogP contribution is 2.47. The number of aromatic nitrogens is 2. The Morgan fingerprint density at radius 1 is 1.33 bits per heavy atom. The largest absolute Gasteiger partial charge is 0.236 e. The van der Waals surface area contributed by atoms with Gasteiger partial charge in [-0.3, -0.25) is 0 Å². The third kappa shape index (κ3) is 2.04. The van der Waals surface area contributed by atoms with Gasteiger partial charge in [-0.25, -0.2) is 9.97 Å². The van der Waals surface area contributed by atoms with Crippen LogP contribution in [0.1, 0.15) is 51.0 Å². The van der Waals surface area contributed by atoms with E-state index in [0.29, 0.717) is 11.1 Å². The molecule has 0 spiro atoms. The summed E-state index contributed by atoms with van der Waals surface area (Å²) in [6.07, 6.45) is 2.34. The van der Waals surface area contributed by atoms with Gasteiger partial charge in [-0.2, -0.15) is 0 Å². The lowest BCUT2D eigenvalue weighted by Gasteiger charge is -2.13. The predicted molar refractivity (Wildman–Crippen MR) is 65.4 cm³/mol. The van der Waals surface area contributed by atoms with Crippen LogP contribution in [0.15, 0.2) is 4.47 Å². The summed E-state index contributed by atoms with van der Waals surface area (Å²) in [5, 5.41) is 0.539. The number of hydrogen-bond donors (Lipinski definition) is 0. The van der Waals surface area contributed by atoms with Crippen LogP contribution in [0, 0.1) is 0 Å². The number of hydrogen-bond acceptors (Lipinski definition) is 2. The van der Waals surface area contributed by atoms with Crippen LogP contribution >= 0.6 is 27.5 Å². The Balaban J connectivity index is 2.51. The van der Waals surface area contributed by atoms with Gasteiger partial charge in [-0.05, 0) is 34.7 Å². The van der Waals surface area contributed by atoms with E-state index in [1.165, 1.54) is 12.8 Å². The van der Waals surface area contributed by atoms with Crippen molar-refractivity contribution in [1.29, 1.82) is 0 Å². The van der Waals surface area contributed by atoms with Crippen molar-refractivity contribution in [1.82, 2.24) is 9.97 Å². The first-order valence-corrected chi connectivity index (χ1v) is 6.34. The Kier molecular flexibility index (Phi) is 2.80. The zero-order chi connectivity index (χ0) is 11.2. The molecule has 1 aromatic rings. The summed E-state index contributed by atoms with van der Waals surface area (Å²) >= 11 is 9.54. The minimum Gasteiger partial charge on any atom is -0.236 e. The van der Waals surface area contributed by atoms with Crippen LogP contribution in [-0.2, 0) is 5.41 Å². The molecule has 0 amide bonds. The Labute approximate surface area is 104 Å². The first-order chi connectivity index (χ1) is 6.94. The van der Waals surface area contributed by atoms with E-state index in [-0.39, 0.29) is 5.41 Å². The van der Waals surface area contributed by atoms with Gasteiger partial charge in [0.25, 0.3) is 0 Å². The Morgan fingerprint density at radius 2 is 1.93 bits per heavy atom. The molecule has 2 nitrogen and oxygen atoms in total. The third-order valence-electron chi connectivity index (χ3n) is 2.92. The molecule has 0 bridgehead atoms. The van der Waals surface area contributed by atoms with Gasteiger partial charge in [0.15, 0.2) is 0 Å². The Bertz CT molecular complexity index is 400. The van der Waals surface area contributed by atoms with Gasteiger partial charge in [0.1, 0.15) is 11.0 Å².